The molecule has 4 nitrogen and oxygen atoms in total. The number of thiophene rings is 1. The number of methoxy groups -OCH3 is 2. The van der Waals surface area contributed by atoms with Crippen molar-refractivity contribution in [2.24, 2.45) is 0 Å². The summed E-state index contributed by atoms with van der Waals surface area (Å²) in [6, 6.07) is 11.6. The van der Waals surface area contributed by atoms with Gasteiger partial charge in [0.15, 0.2) is 0 Å². The highest BCUT2D eigenvalue weighted by atomic mass is 32.1. The third-order valence-corrected chi connectivity index (χ3v) is 5.02. The number of H-pyrrole nitrogens is 1. The Labute approximate surface area is 129 Å². The van der Waals surface area contributed by atoms with E-state index in [2.05, 4.69) is 4.98 Å². The summed E-state index contributed by atoms with van der Waals surface area (Å²) in [5, 5.41) is 2.97. The van der Waals surface area contributed by atoms with Crippen LogP contribution >= 0.6 is 11.3 Å². The third-order valence-electron chi connectivity index (χ3n) is 3.85. The molecule has 0 atom stereocenters. The minimum absolute atomic E-state index is 0.0622. The van der Waals surface area contributed by atoms with Gasteiger partial charge in [0.1, 0.15) is 16.2 Å². The molecule has 0 unspecified atom stereocenters. The number of rotatable bonds is 2. The van der Waals surface area contributed by atoms with Gasteiger partial charge in [0.2, 0.25) is 0 Å². The van der Waals surface area contributed by atoms with Gasteiger partial charge >= 0.3 is 0 Å². The summed E-state index contributed by atoms with van der Waals surface area (Å²) in [6.07, 6.45) is 0. The zero-order chi connectivity index (χ0) is 15.3. The first-order valence-corrected chi connectivity index (χ1v) is 7.63. The number of ether oxygens (including phenoxy) is 2. The number of aromatic nitrogens is 1. The fourth-order valence-corrected chi connectivity index (χ4v) is 3.87. The average Bonchev–Trinajstić information content (AvgIpc) is 2.94. The number of hydrogen-bond acceptors (Lipinski definition) is 4. The van der Waals surface area contributed by atoms with E-state index < -0.39 is 0 Å². The number of pyridine rings is 1. The van der Waals surface area contributed by atoms with E-state index in [1.54, 1.807) is 14.2 Å². The Morgan fingerprint density at radius 1 is 0.955 bits per heavy atom. The minimum Gasteiger partial charge on any atom is -0.497 e. The maximum atomic E-state index is 12.4. The van der Waals surface area contributed by atoms with Crippen molar-refractivity contribution in [3.8, 4) is 11.5 Å². The van der Waals surface area contributed by atoms with Crippen molar-refractivity contribution in [1.29, 1.82) is 0 Å². The van der Waals surface area contributed by atoms with E-state index in [1.165, 1.54) is 11.3 Å². The summed E-state index contributed by atoms with van der Waals surface area (Å²) in [5.74, 6) is 1.55. The van der Waals surface area contributed by atoms with E-state index in [0.717, 1.165) is 42.6 Å². The number of benzene rings is 2. The topological polar surface area (TPSA) is 51.3 Å². The highest BCUT2D eigenvalue weighted by molar-refractivity contribution is 7.26. The molecule has 0 amide bonds. The molecular weight excluding hydrogens is 298 g/mol. The largest absolute Gasteiger partial charge is 0.497 e. The summed E-state index contributed by atoms with van der Waals surface area (Å²) in [6.45, 7) is 0. The van der Waals surface area contributed by atoms with Crippen LogP contribution in [0.4, 0.5) is 0 Å². The quantitative estimate of drug-likeness (QED) is 0.610. The van der Waals surface area contributed by atoms with Crippen molar-refractivity contribution in [3.05, 3.63) is 46.8 Å². The van der Waals surface area contributed by atoms with Crippen LogP contribution in [0.5, 0.6) is 11.5 Å². The molecule has 0 spiro atoms. The molecule has 0 aliphatic heterocycles. The highest BCUT2D eigenvalue weighted by Gasteiger charge is 2.13. The van der Waals surface area contributed by atoms with Gasteiger partial charge in [-0.25, -0.2) is 0 Å². The number of fused-ring (bicyclic) bond motifs is 5. The van der Waals surface area contributed by atoms with E-state index in [9.17, 15) is 4.79 Å². The van der Waals surface area contributed by atoms with Crippen LogP contribution in [0.25, 0.3) is 31.1 Å². The minimum atomic E-state index is -0.0622. The molecule has 1 N–H and O–H groups in total. The zero-order valence-corrected chi connectivity index (χ0v) is 12.9. The Hall–Kier alpha value is -2.53. The van der Waals surface area contributed by atoms with Crippen molar-refractivity contribution < 1.29 is 9.47 Å². The molecule has 4 aromatic rings. The van der Waals surface area contributed by atoms with E-state index >= 15 is 0 Å². The van der Waals surface area contributed by atoms with Crippen molar-refractivity contribution in [2.75, 3.05) is 14.2 Å². The normalized spacial score (nSPS) is 11.4. The lowest BCUT2D eigenvalue weighted by Crippen LogP contribution is -2.04. The monoisotopic (exact) mass is 311 g/mol. The Bertz CT molecular complexity index is 1080. The van der Waals surface area contributed by atoms with Crippen LogP contribution in [-0.4, -0.2) is 19.2 Å². The highest BCUT2D eigenvalue weighted by Crippen LogP contribution is 2.38. The molecule has 2 aromatic heterocycles. The lowest BCUT2D eigenvalue weighted by atomic mass is 10.1. The molecule has 0 aliphatic rings. The standard InChI is InChI=1S/C17H13NO3S/c1-20-9-3-5-13-11(7-9)15-12-8-10(21-2)4-6-14(12)22-16(15)17(19)18-13/h3-8H,1-2H3,(H,18,19). The summed E-state index contributed by atoms with van der Waals surface area (Å²) in [7, 11) is 3.28. The van der Waals surface area contributed by atoms with Gasteiger partial charge in [0.25, 0.3) is 5.56 Å². The van der Waals surface area contributed by atoms with Gasteiger partial charge < -0.3 is 14.5 Å². The SMILES string of the molecule is COc1ccc2[nH]c(=O)c3sc4ccc(OC)cc4c3c2c1. The van der Waals surface area contributed by atoms with Crippen LogP contribution in [0.3, 0.4) is 0 Å². The predicted octanol–water partition coefficient (Wildman–Crippen LogP) is 3.91. The molecule has 0 bridgehead atoms. The number of nitrogens with one attached hydrogen (secondary N) is 1. The fourth-order valence-electron chi connectivity index (χ4n) is 2.78. The summed E-state index contributed by atoms with van der Waals surface area (Å²) in [4.78, 5) is 15.3. The molecular formula is C17H13NO3S. The molecule has 0 saturated carbocycles. The molecule has 0 fully saturated rings. The number of aromatic amines is 1. The smallest absolute Gasteiger partial charge is 0.266 e. The zero-order valence-electron chi connectivity index (χ0n) is 12.1. The maximum Gasteiger partial charge on any atom is 0.266 e. The van der Waals surface area contributed by atoms with Crippen LogP contribution in [0, 0.1) is 0 Å². The molecule has 0 radical (unpaired) electrons. The van der Waals surface area contributed by atoms with Crippen molar-refractivity contribution in [2.45, 2.75) is 0 Å². The van der Waals surface area contributed by atoms with Gasteiger partial charge in [-0.1, -0.05) is 0 Å². The molecule has 4 rings (SSSR count). The van der Waals surface area contributed by atoms with E-state index in [0.29, 0.717) is 0 Å². The predicted molar refractivity (Wildman–Crippen MR) is 90.6 cm³/mol. The Kier molecular flexibility index (Phi) is 2.84. The van der Waals surface area contributed by atoms with Crippen molar-refractivity contribution in [3.63, 3.8) is 0 Å². The van der Waals surface area contributed by atoms with E-state index in [-0.39, 0.29) is 5.56 Å². The van der Waals surface area contributed by atoms with Gasteiger partial charge in [-0.15, -0.1) is 11.3 Å². The molecule has 2 heterocycles. The third kappa shape index (κ3) is 1.79. The maximum absolute atomic E-state index is 12.4. The molecule has 2 aromatic carbocycles. The van der Waals surface area contributed by atoms with Crippen LogP contribution in [0.15, 0.2) is 41.2 Å². The van der Waals surface area contributed by atoms with Gasteiger partial charge in [-0.05, 0) is 36.4 Å². The Balaban J connectivity index is 2.27. The first-order valence-electron chi connectivity index (χ1n) is 6.81. The average molecular weight is 311 g/mol. The van der Waals surface area contributed by atoms with Crippen molar-refractivity contribution >= 4 is 42.4 Å². The van der Waals surface area contributed by atoms with Gasteiger partial charge in [0.05, 0.1) is 14.2 Å². The van der Waals surface area contributed by atoms with E-state index in [4.69, 9.17) is 9.47 Å². The second-order valence-corrected chi connectivity index (χ2v) is 6.09. The van der Waals surface area contributed by atoms with E-state index in [1.807, 2.05) is 36.4 Å². The summed E-state index contributed by atoms with van der Waals surface area (Å²) >= 11 is 1.50. The lowest BCUT2D eigenvalue weighted by Gasteiger charge is -2.04. The first-order chi connectivity index (χ1) is 10.7. The van der Waals surface area contributed by atoms with Gasteiger partial charge in [0, 0.05) is 26.4 Å². The van der Waals surface area contributed by atoms with Crippen LogP contribution in [0.1, 0.15) is 0 Å². The Morgan fingerprint density at radius 2 is 1.64 bits per heavy atom. The molecule has 0 aliphatic carbocycles. The second kappa shape index (κ2) is 4.74. The van der Waals surface area contributed by atoms with Crippen LogP contribution in [-0.2, 0) is 0 Å². The van der Waals surface area contributed by atoms with Crippen molar-refractivity contribution in [1.82, 2.24) is 4.98 Å². The molecule has 110 valence electrons. The first kappa shape index (κ1) is 13.2. The van der Waals surface area contributed by atoms with Crippen LogP contribution in [0.2, 0.25) is 0 Å². The molecule has 22 heavy (non-hydrogen) atoms. The number of hydrogen-bond donors (Lipinski definition) is 1. The fraction of sp³-hybridized carbons (Fsp3) is 0.118. The summed E-state index contributed by atoms with van der Waals surface area (Å²) in [5.41, 5.74) is 0.744. The van der Waals surface area contributed by atoms with Crippen LogP contribution < -0.4 is 15.0 Å². The lowest BCUT2D eigenvalue weighted by molar-refractivity contribution is 0.415. The summed E-state index contributed by atoms with van der Waals surface area (Å²) < 4.78 is 12.4. The molecule has 5 heteroatoms. The molecule has 0 saturated heterocycles. The Morgan fingerprint density at radius 3 is 2.36 bits per heavy atom. The van der Waals surface area contributed by atoms with Gasteiger partial charge in [-0.2, -0.15) is 0 Å². The van der Waals surface area contributed by atoms with Gasteiger partial charge in [-0.3, -0.25) is 4.79 Å². The second-order valence-electron chi connectivity index (χ2n) is 5.03.